The van der Waals surface area contributed by atoms with Gasteiger partial charge in [-0.2, -0.15) is 0 Å². The standard InChI is InChI=1S/C33H30O7/c1-21-27(34)20-31-26(32(21)36-3)16-17-37-33(40-31,23-12-8-5-9-13-23)39-24-18-29(35-2)25-14-15-28(38-30(25)19-24)22-10-6-4-7-11-22/h4-13,16-20,28,34H,14-15H2,1-3H3/t28-,33+/m0/s1. The smallest absolute Gasteiger partial charge is 0.446 e. The molecule has 0 amide bonds. The van der Waals surface area contributed by atoms with E-state index in [1.807, 2.05) is 60.7 Å². The number of ether oxygens (including phenoxy) is 6. The van der Waals surface area contributed by atoms with Crippen LogP contribution in [0.25, 0.3) is 6.08 Å². The van der Waals surface area contributed by atoms with E-state index in [0.717, 1.165) is 24.0 Å². The summed E-state index contributed by atoms with van der Waals surface area (Å²) in [5.41, 5.74) is 3.91. The molecule has 0 spiro atoms. The van der Waals surface area contributed by atoms with Crippen LogP contribution in [-0.2, 0) is 17.1 Å². The van der Waals surface area contributed by atoms with Gasteiger partial charge in [-0.05, 0) is 43.5 Å². The van der Waals surface area contributed by atoms with E-state index in [1.165, 1.54) is 12.3 Å². The summed E-state index contributed by atoms with van der Waals surface area (Å²) < 4.78 is 37.1. The van der Waals surface area contributed by atoms with Crippen LogP contribution in [0, 0.1) is 6.92 Å². The molecule has 0 aliphatic carbocycles. The highest BCUT2D eigenvalue weighted by Crippen LogP contribution is 2.47. The molecule has 204 valence electrons. The summed E-state index contributed by atoms with van der Waals surface area (Å²) in [7, 11) is 3.18. The van der Waals surface area contributed by atoms with E-state index < -0.39 is 5.97 Å². The molecule has 7 nitrogen and oxygen atoms in total. The summed E-state index contributed by atoms with van der Waals surface area (Å²) in [4.78, 5) is 0. The van der Waals surface area contributed by atoms with Gasteiger partial charge in [0, 0.05) is 29.3 Å². The fraction of sp³-hybridized carbons (Fsp3) is 0.212. The first-order valence-electron chi connectivity index (χ1n) is 13.1. The summed E-state index contributed by atoms with van der Waals surface area (Å²) in [5.74, 6) is 0.871. The first-order valence-corrected chi connectivity index (χ1v) is 13.1. The van der Waals surface area contributed by atoms with Crippen LogP contribution in [0.15, 0.2) is 85.1 Å². The molecule has 0 radical (unpaired) electrons. The van der Waals surface area contributed by atoms with Crippen LogP contribution >= 0.6 is 0 Å². The van der Waals surface area contributed by atoms with Crippen molar-refractivity contribution in [3.8, 4) is 34.5 Å². The normalized spacial score (nSPS) is 19.1. The molecule has 0 saturated carbocycles. The van der Waals surface area contributed by atoms with Crippen LogP contribution in [0.3, 0.4) is 0 Å². The molecular weight excluding hydrogens is 508 g/mol. The minimum atomic E-state index is -1.73. The van der Waals surface area contributed by atoms with Gasteiger partial charge in [-0.1, -0.05) is 48.5 Å². The first kappa shape index (κ1) is 25.5. The van der Waals surface area contributed by atoms with Crippen molar-refractivity contribution >= 4 is 6.08 Å². The molecule has 40 heavy (non-hydrogen) atoms. The Morgan fingerprint density at radius 1 is 0.900 bits per heavy atom. The largest absolute Gasteiger partial charge is 0.507 e. The highest BCUT2D eigenvalue weighted by atomic mass is 16.9. The van der Waals surface area contributed by atoms with Crippen molar-refractivity contribution in [2.45, 2.75) is 31.8 Å². The molecule has 4 aromatic carbocycles. The van der Waals surface area contributed by atoms with E-state index in [-0.39, 0.29) is 11.9 Å². The lowest BCUT2D eigenvalue weighted by atomic mass is 9.96. The zero-order valence-electron chi connectivity index (χ0n) is 22.5. The zero-order chi connectivity index (χ0) is 27.7. The van der Waals surface area contributed by atoms with E-state index in [1.54, 1.807) is 27.2 Å². The van der Waals surface area contributed by atoms with E-state index in [9.17, 15) is 5.11 Å². The fourth-order valence-corrected chi connectivity index (χ4v) is 5.21. The van der Waals surface area contributed by atoms with Crippen molar-refractivity contribution in [2.75, 3.05) is 14.2 Å². The highest BCUT2D eigenvalue weighted by Gasteiger charge is 2.43. The van der Waals surface area contributed by atoms with Gasteiger partial charge in [0.1, 0.15) is 40.6 Å². The van der Waals surface area contributed by atoms with Crippen molar-refractivity contribution in [1.29, 1.82) is 0 Å². The Morgan fingerprint density at radius 2 is 1.65 bits per heavy atom. The van der Waals surface area contributed by atoms with Crippen LogP contribution in [0.4, 0.5) is 0 Å². The van der Waals surface area contributed by atoms with Gasteiger partial charge in [-0.3, -0.25) is 0 Å². The molecular formula is C33H30O7. The molecule has 6 rings (SSSR count). The van der Waals surface area contributed by atoms with Crippen LogP contribution in [-0.4, -0.2) is 19.3 Å². The molecule has 0 fully saturated rings. The molecule has 2 atom stereocenters. The van der Waals surface area contributed by atoms with Crippen molar-refractivity contribution in [2.24, 2.45) is 0 Å². The third-order valence-electron chi connectivity index (χ3n) is 7.25. The van der Waals surface area contributed by atoms with E-state index in [2.05, 4.69) is 12.1 Å². The predicted molar refractivity (Wildman–Crippen MR) is 150 cm³/mol. The minimum absolute atomic E-state index is 0.0312. The lowest BCUT2D eigenvalue weighted by Gasteiger charge is -2.33. The second kappa shape index (κ2) is 10.4. The maximum Gasteiger partial charge on any atom is 0.446 e. The zero-order valence-corrected chi connectivity index (χ0v) is 22.5. The fourth-order valence-electron chi connectivity index (χ4n) is 5.21. The average Bonchev–Trinajstić information content (AvgIpc) is 3.17. The van der Waals surface area contributed by atoms with Crippen molar-refractivity contribution in [3.05, 3.63) is 113 Å². The molecule has 2 aliphatic heterocycles. The Morgan fingerprint density at radius 3 is 2.38 bits per heavy atom. The van der Waals surface area contributed by atoms with Crippen molar-refractivity contribution < 1.29 is 33.5 Å². The Bertz CT molecular complexity index is 1550. The first-order chi connectivity index (χ1) is 19.5. The van der Waals surface area contributed by atoms with Gasteiger partial charge < -0.3 is 33.5 Å². The Labute approximate surface area is 233 Å². The number of rotatable bonds is 6. The number of phenolic OH excluding ortho intramolecular Hbond substituents is 1. The average molecular weight is 539 g/mol. The Hall–Kier alpha value is -4.78. The second-order valence-electron chi connectivity index (χ2n) is 9.67. The summed E-state index contributed by atoms with van der Waals surface area (Å²) in [6.45, 7) is 1.77. The van der Waals surface area contributed by atoms with E-state index in [4.69, 9.17) is 28.4 Å². The van der Waals surface area contributed by atoms with Crippen LogP contribution in [0.2, 0.25) is 0 Å². The summed E-state index contributed by atoms with van der Waals surface area (Å²) in [6, 6.07) is 24.7. The number of hydrogen-bond acceptors (Lipinski definition) is 7. The second-order valence-corrected chi connectivity index (χ2v) is 9.67. The molecule has 0 saturated heterocycles. The molecule has 1 N–H and O–H groups in total. The van der Waals surface area contributed by atoms with Crippen molar-refractivity contribution in [1.82, 2.24) is 0 Å². The van der Waals surface area contributed by atoms with Gasteiger partial charge >= 0.3 is 5.97 Å². The topological polar surface area (TPSA) is 75.6 Å². The van der Waals surface area contributed by atoms with Gasteiger partial charge in [0.05, 0.1) is 31.6 Å². The maximum absolute atomic E-state index is 10.6. The van der Waals surface area contributed by atoms with Crippen molar-refractivity contribution in [3.63, 3.8) is 0 Å². The van der Waals surface area contributed by atoms with Crippen LogP contribution < -0.4 is 23.7 Å². The van der Waals surface area contributed by atoms with Crippen LogP contribution in [0.5, 0.6) is 34.5 Å². The molecule has 2 aliphatic rings. The predicted octanol–water partition coefficient (Wildman–Crippen LogP) is 7.05. The monoisotopic (exact) mass is 538 g/mol. The Balaban J connectivity index is 1.43. The number of hydrogen-bond donors (Lipinski definition) is 1. The molecule has 4 aromatic rings. The minimum Gasteiger partial charge on any atom is -0.507 e. The van der Waals surface area contributed by atoms with Gasteiger partial charge in [0.2, 0.25) is 0 Å². The molecule has 2 heterocycles. The molecule has 0 bridgehead atoms. The number of phenols is 1. The number of benzene rings is 4. The molecule has 0 unspecified atom stereocenters. The van der Waals surface area contributed by atoms with Gasteiger partial charge in [0.25, 0.3) is 0 Å². The third kappa shape index (κ3) is 4.53. The summed E-state index contributed by atoms with van der Waals surface area (Å²) >= 11 is 0. The lowest BCUT2D eigenvalue weighted by molar-refractivity contribution is -0.285. The van der Waals surface area contributed by atoms with Gasteiger partial charge in [-0.15, -0.1) is 0 Å². The number of fused-ring (bicyclic) bond motifs is 2. The summed E-state index contributed by atoms with van der Waals surface area (Å²) in [5, 5.41) is 10.6. The van der Waals surface area contributed by atoms with E-state index >= 15 is 0 Å². The van der Waals surface area contributed by atoms with Crippen LogP contribution in [0.1, 0.15) is 40.3 Å². The number of aromatic hydroxyl groups is 1. The quantitative estimate of drug-likeness (QED) is 0.282. The lowest BCUT2D eigenvalue weighted by Crippen LogP contribution is -2.41. The maximum atomic E-state index is 10.6. The third-order valence-corrected chi connectivity index (χ3v) is 7.25. The highest BCUT2D eigenvalue weighted by molar-refractivity contribution is 5.69. The summed E-state index contributed by atoms with van der Waals surface area (Å²) in [6.07, 6.45) is 4.78. The molecule has 7 heteroatoms. The Kier molecular flexibility index (Phi) is 6.64. The number of methoxy groups -OCH3 is 2. The molecule has 0 aromatic heterocycles. The van der Waals surface area contributed by atoms with E-state index in [0.29, 0.717) is 45.4 Å². The SMILES string of the molecule is COc1cc(O[C@@]2(c3ccccc3)OC=Cc3c(cc(O)c(C)c3OC)O2)cc2c1CC[C@@H](c1ccccc1)O2. The van der Waals surface area contributed by atoms with Gasteiger partial charge in [-0.25, -0.2) is 0 Å². The van der Waals surface area contributed by atoms with Gasteiger partial charge in [0.15, 0.2) is 0 Å².